The summed E-state index contributed by atoms with van der Waals surface area (Å²) >= 11 is 1.62. The van der Waals surface area contributed by atoms with Gasteiger partial charge in [0.15, 0.2) is 0 Å². The van der Waals surface area contributed by atoms with Crippen LogP contribution < -0.4 is 4.72 Å². The van der Waals surface area contributed by atoms with Crippen molar-refractivity contribution in [2.45, 2.75) is 23.5 Å². The summed E-state index contributed by atoms with van der Waals surface area (Å²) in [5.74, 6) is -1.56. The van der Waals surface area contributed by atoms with Gasteiger partial charge in [0.25, 0.3) is 0 Å². The summed E-state index contributed by atoms with van der Waals surface area (Å²) in [5.41, 5.74) is -0.190. The molecule has 8 heteroatoms. The van der Waals surface area contributed by atoms with Gasteiger partial charge in [0.2, 0.25) is 10.0 Å². The number of esters is 1. The monoisotopic (exact) mass is 335 g/mol. The Morgan fingerprint density at radius 1 is 1.48 bits per heavy atom. The molecule has 1 N–H and O–H groups in total. The molecule has 0 saturated carbocycles. The van der Waals surface area contributed by atoms with E-state index in [0.717, 1.165) is 25.3 Å². The average Bonchev–Trinajstić information content (AvgIpc) is 2.45. The van der Waals surface area contributed by atoms with Crippen LogP contribution in [0.3, 0.4) is 0 Å². The Balaban J connectivity index is 3.01. The second kappa shape index (κ2) is 7.77. The second-order valence-electron chi connectivity index (χ2n) is 4.36. The van der Waals surface area contributed by atoms with Gasteiger partial charge in [-0.1, -0.05) is 6.92 Å². The Bertz CT molecular complexity index is 604. The molecule has 118 valence electrons. The van der Waals surface area contributed by atoms with Crippen LogP contribution in [0.1, 0.15) is 23.7 Å². The summed E-state index contributed by atoms with van der Waals surface area (Å²) < 4.78 is 44.6. The van der Waals surface area contributed by atoms with Crippen molar-refractivity contribution in [3.63, 3.8) is 0 Å². The quantitative estimate of drug-likeness (QED) is 0.772. The van der Waals surface area contributed by atoms with Crippen molar-refractivity contribution in [1.82, 2.24) is 4.72 Å². The maximum absolute atomic E-state index is 13.3. The third-order valence-corrected chi connectivity index (χ3v) is 5.43. The largest absolute Gasteiger partial charge is 0.465 e. The van der Waals surface area contributed by atoms with Crippen LogP contribution in [-0.4, -0.2) is 39.5 Å². The van der Waals surface area contributed by atoms with Crippen molar-refractivity contribution in [2.24, 2.45) is 0 Å². The standard InChI is InChI=1S/C13H18FNO4S2/c1-9(20-3)6-7-15-21(17,18)12-8-10(14)4-5-11(12)13(16)19-2/h4-5,8-9,15H,6-7H2,1-3H3. The lowest BCUT2D eigenvalue weighted by atomic mass is 10.2. The van der Waals surface area contributed by atoms with Crippen LogP contribution in [0.5, 0.6) is 0 Å². The Morgan fingerprint density at radius 3 is 2.71 bits per heavy atom. The van der Waals surface area contributed by atoms with E-state index in [0.29, 0.717) is 11.7 Å². The lowest BCUT2D eigenvalue weighted by Crippen LogP contribution is -2.28. The molecule has 0 aliphatic rings. The molecule has 0 fully saturated rings. The number of carbonyl (C=O) groups excluding carboxylic acids is 1. The first-order valence-electron chi connectivity index (χ1n) is 6.22. The number of nitrogens with one attached hydrogen (secondary N) is 1. The molecule has 0 aliphatic heterocycles. The first-order valence-corrected chi connectivity index (χ1v) is 8.99. The van der Waals surface area contributed by atoms with Gasteiger partial charge in [-0.15, -0.1) is 0 Å². The highest BCUT2D eigenvalue weighted by Gasteiger charge is 2.23. The van der Waals surface area contributed by atoms with Crippen LogP contribution in [0, 0.1) is 5.82 Å². The normalized spacial score (nSPS) is 13.0. The van der Waals surface area contributed by atoms with E-state index in [1.54, 1.807) is 11.8 Å². The van der Waals surface area contributed by atoms with Crippen molar-refractivity contribution >= 4 is 27.8 Å². The number of hydrogen-bond acceptors (Lipinski definition) is 5. The molecular weight excluding hydrogens is 317 g/mol. The van der Waals surface area contributed by atoms with Crippen molar-refractivity contribution in [3.8, 4) is 0 Å². The minimum atomic E-state index is -3.97. The molecule has 1 atom stereocenters. The summed E-state index contributed by atoms with van der Waals surface area (Å²) in [6, 6.07) is 2.92. The smallest absolute Gasteiger partial charge is 0.339 e. The van der Waals surface area contributed by atoms with Crippen LogP contribution in [0.25, 0.3) is 0 Å². The highest BCUT2D eigenvalue weighted by molar-refractivity contribution is 7.99. The zero-order valence-electron chi connectivity index (χ0n) is 12.1. The summed E-state index contributed by atoms with van der Waals surface area (Å²) in [6.07, 6.45) is 2.56. The van der Waals surface area contributed by atoms with Gasteiger partial charge in [-0.2, -0.15) is 11.8 Å². The number of carbonyl (C=O) groups is 1. The van der Waals surface area contributed by atoms with E-state index in [1.807, 2.05) is 13.2 Å². The van der Waals surface area contributed by atoms with Crippen LogP contribution in [0.15, 0.2) is 23.1 Å². The van der Waals surface area contributed by atoms with E-state index in [9.17, 15) is 17.6 Å². The number of thioether (sulfide) groups is 1. The fraction of sp³-hybridized carbons (Fsp3) is 0.462. The van der Waals surface area contributed by atoms with Gasteiger partial charge >= 0.3 is 5.97 Å². The van der Waals surface area contributed by atoms with Gasteiger partial charge in [-0.05, 0) is 30.9 Å². The molecule has 1 rings (SSSR count). The van der Waals surface area contributed by atoms with Gasteiger partial charge in [-0.3, -0.25) is 0 Å². The van der Waals surface area contributed by atoms with Crippen molar-refractivity contribution in [3.05, 3.63) is 29.6 Å². The van der Waals surface area contributed by atoms with Crippen LogP contribution in [0.4, 0.5) is 4.39 Å². The van der Waals surface area contributed by atoms with E-state index < -0.39 is 26.7 Å². The molecule has 5 nitrogen and oxygen atoms in total. The van der Waals surface area contributed by atoms with E-state index in [1.165, 1.54) is 0 Å². The number of benzene rings is 1. The Morgan fingerprint density at radius 2 is 2.14 bits per heavy atom. The van der Waals surface area contributed by atoms with Crippen molar-refractivity contribution in [2.75, 3.05) is 19.9 Å². The molecule has 0 bridgehead atoms. The number of hydrogen-bond donors (Lipinski definition) is 1. The summed E-state index contributed by atoms with van der Waals surface area (Å²) in [7, 11) is -2.84. The Labute approximate surface area is 128 Å². The summed E-state index contributed by atoms with van der Waals surface area (Å²) in [4.78, 5) is 11.2. The van der Waals surface area contributed by atoms with Crippen LogP contribution in [0.2, 0.25) is 0 Å². The van der Waals surface area contributed by atoms with E-state index in [-0.39, 0.29) is 12.1 Å². The SMILES string of the molecule is COC(=O)c1ccc(F)cc1S(=O)(=O)NCCC(C)SC. The topological polar surface area (TPSA) is 72.5 Å². The molecule has 0 saturated heterocycles. The fourth-order valence-corrected chi connectivity index (χ4v) is 3.19. The van der Waals surface area contributed by atoms with E-state index in [2.05, 4.69) is 9.46 Å². The first-order chi connectivity index (χ1) is 9.81. The minimum absolute atomic E-state index is 0.190. The third kappa shape index (κ3) is 4.98. The van der Waals surface area contributed by atoms with E-state index >= 15 is 0 Å². The van der Waals surface area contributed by atoms with Crippen LogP contribution >= 0.6 is 11.8 Å². The lowest BCUT2D eigenvalue weighted by Gasteiger charge is -2.12. The molecule has 0 radical (unpaired) electrons. The molecule has 21 heavy (non-hydrogen) atoms. The number of rotatable bonds is 7. The third-order valence-electron chi connectivity index (χ3n) is 2.88. The van der Waals surface area contributed by atoms with E-state index in [4.69, 9.17) is 0 Å². The van der Waals surface area contributed by atoms with Crippen molar-refractivity contribution in [1.29, 1.82) is 0 Å². The lowest BCUT2D eigenvalue weighted by molar-refractivity contribution is 0.0596. The van der Waals surface area contributed by atoms with Crippen molar-refractivity contribution < 1.29 is 22.3 Å². The molecular formula is C13H18FNO4S2. The second-order valence-corrected chi connectivity index (χ2v) is 7.38. The fourth-order valence-electron chi connectivity index (χ4n) is 1.59. The molecule has 0 amide bonds. The van der Waals surface area contributed by atoms with Gasteiger partial charge in [0.05, 0.1) is 17.6 Å². The number of halogens is 1. The zero-order valence-corrected chi connectivity index (χ0v) is 13.7. The number of sulfonamides is 1. The molecule has 0 heterocycles. The van der Waals surface area contributed by atoms with Crippen LogP contribution in [-0.2, 0) is 14.8 Å². The average molecular weight is 335 g/mol. The number of ether oxygens (including phenoxy) is 1. The zero-order chi connectivity index (χ0) is 16.0. The predicted octanol–water partition coefficient (Wildman–Crippen LogP) is 2.03. The highest BCUT2D eigenvalue weighted by Crippen LogP contribution is 2.18. The highest BCUT2D eigenvalue weighted by atomic mass is 32.2. The molecule has 0 aliphatic carbocycles. The first kappa shape index (κ1) is 17.9. The number of methoxy groups -OCH3 is 1. The van der Waals surface area contributed by atoms with Gasteiger partial charge in [0, 0.05) is 11.8 Å². The molecule has 0 aromatic heterocycles. The predicted molar refractivity (Wildman–Crippen MR) is 80.5 cm³/mol. The van der Waals surface area contributed by atoms with Gasteiger partial charge in [-0.25, -0.2) is 22.3 Å². The minimum Gasteiger partial charge on any atom is -0.465 e. The molecule has 1 aromatic rings. The molecule has 1 aromatic carbocycles. The van der Waals surface area contributed by atoms with Gasteiger partial charge < -0.3 is 4.74 Å². The maximum atomic E-state index is 13.3. The maximum Gasteiger partial charge on any atom is 0.339 e. The molecule has 0 spiro atoms. The molecule has 1 unspecified atom stereocenters. The Kier molecular flexibility index (Phi) is 6.63. The summed E-state index contributed by atoms with van der Waals surface area (Å²) in [5, 5.41) is 0.292. The summed E-state index contributed by atoms with van der Waals surface area (Å²) in [6.45, 7) is 2.18. The Hall–Kier alpha value is -1.12. The van der Waals surface area contributed by atoms with Gasteiger partial charge in [0.1, 0.15) is 5.82 Å².